The fourth-order valence-electron chi connectivity index (χ4n) is 1.67. The van der Waals surface area contributed by atoms with Gasteiger partial charge in [0.2, 0.25) is 0 Å². The van der Waals surface area contributed by atoms with Crippen LogP contribution in [0.3, 0.4) is 0 Å². The Hall–Kier alpha value is -1.77. The summed E-state index contributed by atoms with van der Waals surface area (Å²) < 4.78 is 0. The molecule has 0 aliphatic carbocycles. The Morgan fingerprint density at radius 2 is 1.58 bits per heavy atom. The lowest BCUT2D eigenvalue weighted by molar-refractivity contribution is 0.0696. The van der Waals surface area contributed by atoms with Gasteiger partial charge in [-0.1, -0.05) is 65.7 Å². The SMILES string of the molecule is O=C(O)c1ccccc1/C=C/c1cccc(Cl)c1Cl. The van der Waals surface area contributed by atoms with Crippen LogP contribution in [0.1, 0.15) is 21.5 Å². The van der Waals surface area contributed by atoms with Gasteiger partial charge in [0.25, 0.3) is 0 Å². The molecule has 0 aliphatic heterocycles. The van der Waals surface area contributed by atoms with Crippen molar-refractivity contribution in [2.45, 2.75) is 0 Å². The van der Waals surface area contributed by atoms with Gasteiger partial charge in [0, 0.05) is 0 Å². The van der Waals surface area contributed by atoms with Gasteiger partial charge in [-0.3, -0.25) is 0 Å². The van der Waals surface area contributed by atoms with Crippen LogP contribution < -0.4 is 0 Å². The Kier molecular flexibility index (Phi) is 4.25. The molecule has 0 aromatic heterocycles. The first-order chi connectivity index (χ1) is 9.09. The number of rotatable bonds is 3. The maximum absolute atomic E-state index is 11.1. The number of carboxylic acid groups (broad SMARTS) is 1. The molecule has 0 aliphatic rings. The molecule has 0 saturated carbocycles. The predicted molar refractivity (Wildman–Crippen MR) is 78.8 cm³/mol. The van der Waals surface area contributed by atoms with Crippen molar-refractivity contribution in [1.29, 1.82) is 0 Å². The molecule has 0 unspecified atom stereocenters. The fourth-order valence-corrected chi connectivity index (χ4v) is 2.04. The molecule has 0 heterocycles. The zero-order valence-corrected chi connectivity index (χ0v) is 11.3. The highest BCUT2D eigenvalue weighted by molar-refractivity contribution is 6.42. The van der Waals surface area contributed by atoms with E-state index in [1.54, 1.807) is 48.6 Å². The van der Waals surface area contributed by atoms with Crippen molar-refractivity contribution in [1.82, 2.24) is 0 Å². The van der Waals surface area contributed by atoms with E-state index in [4.69, 9.17) is 28.3 Å². The van der Waals surface area contributed by atoms with Crippen LogP contribution in [0.5, 0.6) is 0 Å². The van der Waals surface area contributed by atoms with E-state index >= 15 is 0 Å². The molecular weight excluding hydrogens is 283 g/mol. The van der Waals surface area contributed by atoms with E-state index in [0.29, 0.717) is 15.6 Å². The Balaban J connectivity index is 2.38. The highest BCUT2D eigenvalue weighted by Gasteiger charge is 2.06. The highest BCUT2D eigenvalue weighted by Crippen LogP contribution is 2.27. The quantitative estimate of drug-likeness (QED) is 0.820. The molecule has 0 radical (unpaired) electrons. The predicted octanol–water partition coefficient (Wildman–Crippen LogP) is 4.86. The van der Waals surface area contributed by atoms with Gasteiger partial charge in [0.05, 0.1) is 15.6 Å². The second-order valence-corrected chi connectivity index (χ2v) is 4.65. The average molecular weight is 293 g/mol. The lowest BCUT2D eigenvalue weighted by atomic mass is 10.1. The van der Waals surface area contributed by atoms with E-state index < -0.39 is 5.97 Å². The molecule has 1 N–H and O–H groups in total. The lowest BCUT2D eigenvalue weighted by Crippen LogP contribution is -1.98. The Morgan fingerprint density at radius 3 is 2.32 bits per heavy atom. The van der Waals surface area contributed by atoms with Gasteiger partial charge in [-0.2, -0.15) is 0 Å². The van der Waals surface area contributed by atoms with Crippen LogP contribution in [0.15, 0.2) is 42.5 Å². The monoisotopic (exact) mass is 292 g/mol. The van der Waals surface area contributed by atoms with Gasteiger partial charge in [0.15, 0.2) is 0 Å². The van der Waals surface area contributed by atoms with Crippen LogP contribution >= 0.6 is 23.2 Å². The maximum Gasteiger partial charge on any atom is 0.336 e. The first kappa shape index (κ1) is 13.7. The molecule has 0 saturated heterocycles. The van der Waals surface area contributed by atoms with Crippen molar-refractivity contribution >= 4 is 41.3 Å². The smallest absolute Gasteiger partial charge is 0.336 e. The van der Waals surface area contributed by atoms with E-state index in [-0.39, 0.29) is 5.56 Å². The number of benzene rings is 2. The first-order valence-electron chi connectivity index (χ1n) is 5.54. The summed E-state index contributed by atoms with van der Waals surface area (Å²) in [6.07, 6.45) is 3.46. The summed E-state index contributed by atoms with van der Waals surface area (Å²) >= 11 is 12.0. The third-order valence-corrected chi connectivity index (χ3v) is 3.45. The largest absolute Gasteiger partial charge is 0.478 e. The first-order valence-corrected chi connectivity index (χ1v) is 6.29. The van der Waals surface area contributed by atoms with Crippen LogP contribution in [0.2, 0.25) is 10.0 Å². The molecule has 0 amide bonds. The van der Waals surface area contributed by atoms with Crippen LogP contribution in [0.4, 0.5) is 0 Å². The van der Waals surface area contributed by atoms with Gasteiger partial charge in [-0.05, 0) is 23.3 Å². The molecule has 2 nitrogen and oxygen atoms in total. The molecule has 2 aromatic rings. The molecule has 19 heavy (non-hydrogen) atoms. The summed E-state index contributed by atoms with van der Waals surface area (Å²) in [7, 11) is 0. The van der Waals surface area contributed by atoms with Gasteiger partial charge in [-0.15, -0.1) is 0 Å². The van der Waals surface area contributed by atoms with E-state index in [2.05, 4.69) is 0 Å². The van der Waals surface area contributed by atoms with Crippen LogP contribution in [-0.2, 0) is 0 Å². The molecule has 0 fully saturated rings. The van der Waals surface area contributed by atoms with Crippen molar-refractivity contribution in [3.8, 4) is 0 Å². The van der Waals surface area contributed by atoms with Gasteiger partial charge in [-0.25, -0.2) is 4.79 Å². The number of carbonyl (C=O) groups is 1. The van der Waals surface area contributed by atoms with Gasteiger partial charge in [0.1, 0.15) is 0 Å². The zero-order chi connectivity index (χ0) is 13.8. The Bertz CT molecular complexity index is 648. The minimum Gasteiger partial charge on any atom is -0.478 e. The third kappa shape index (κ3) is 3.16. The van der Waals surface area contributed by atoms with Crippen molar-refractivity contribution in [2.24, 2.45) is 0 Å². The highest BCUT2D eigenvalue weighted by atomic mass is 35.5. The second kappa shape index (κ2) is 5.91. The minimum atomic E-state index is -0.961. The van der Waals surface area contributed by atoms with Crippen LogP contribution in [0.25, 0.3) is 12.2 Å². The Morgan fingerprint density at radius 1 is 0.947 bits per heavy atom. The van der Waals surface area contributed by atoms with Gasteiger partial charge >= 0.3 is 5.97 Å². The van der Waals surface area contributed by atoms with E-state index in [1.165, 1.54) is 0 Å². The summed E-state index contributed by atoms with van der Waals surface area (Å²) in [5.41, 5.74) is 1.61. The standard InChI is InChI=1S/C15H10Cl2O2/c16-13-7-3-5-11(14(13)17)9-8-10-4-1-2-6-12(10)15(18)19/h1-9H,(H,18,19)/b9-8+. The van der Waals surface area contributed by atoms with Gasteiger partial charge < -0.3 is 5.11 Å². The normalized spacial score (nSPS) is 10.8. The van der Waals surface area contributed by atoms with Crippen molar-refractivity contribution < 1.29 is 9.90 Å². The Labute approximate surface area is 120 Å². The molecule has 96 valence electrons. The molecule has 0 spiro atoms. The van der Waals surface area contributed by atoms with Crippen molar-refractivity contribution in [3.63, 3.8) is 0 Å². The molecule has 0 bridgehead atoms. The number of halogens is 2. The third-order valence-electron chi connectivity index (χ3n) is 2.62. The average Bonchev–Trinajstić information content (AvgIpc) is 2.40. The second-order valence-electron chi connectivity index (χ2n) is 3.87. The molecule has 2 aromatic carbocycles. The summed E-state index contributed by atoms with van der Waals surface area (Å²) in [6, 6.07) is 12.1. The summed E-state index contributed by atoms with van der Waals surface area (Å²) in [4.78, 5) is 11.1. The van der Waals surface area contributed by atoms with E-state index in [1.807, 2.05) is 6.07 Å². The molecule has 2 rings (SSSR count). The fraction of sp³-hybridized carbons (Fsp3) is 0. The maximum atomic E-state index is 11.1. The minimum absolute atomic E-state index is 0.247. The van der Waals surface area contributed by atoms with E-state index in [0.717, 1.165) is 5.56 Å². The number of hydrogen-bond donors (Lipinski definition) is 1. The number of aromatic carboxylic acids is 1. The van der Waals surface area contributed by atoms with Crippen molar-refractivity contribution in [3.05, 3.63) is 69.2 Å². The number of hydrogen-bond acceptors (Lipinski definition) is 1. The summed E-state index contributed by atoms with van der Waals surface area (Å²) in [6.45, 7) is 0. The number of carboxylic acids is 1. The summed E-state index contributed by atoms with van der Waals surface area (Å²) in [5, 5.41) is 10.0. The zero-order valence-electron chi connectivity index (χ0n) is 9.81. The topological polar surface area (TPSA) is 37.3 Å². The summed E-state index contributed by atoms with van der Waals surface area (Å²) in [5.74, 6) is -0.961. The lowest BCUT2D eigenvalue weighted by Gasteiger charge is -2.02. The van der Waals surface area contributed by atoms with E-state index in [9.17, 15) is 4.79 Å². The van der Waals surface area contributed by atoms with Crippen molar-refractivity contribution in [2.75, 3.05) is 0 Å². The molecule has 4 heteroatoms. The van der Waals surface area contributed by atoms with Crippen LogP contribution in [0, 0.1) is 0 Å². The van der Waals surface area contributed by atoms with Crippen LogP contribution in [-0.4, -0.2) is 11.1 Å². The molecule has 0 atom stereocenters. The molecular formula is C15H10Cl2O2.